The molecule has 1 aliphatic rings. The molecule has 1 amide bonds. The number of likely N-dealkylation sites (N-methyl/N-ethyl adjacent to an activating group) is 1. The van der Waals surface area contributed by atoms with Crippen LogP contribution in [-0.4, -0.2) is 48.7 Å². The van der Waals surface area contributed by atoms with E-state index in [1.807, 2.05) is 18.2 Å². The van der Waals surface area contributed by atoms with Crippen molar-refractivity contribution in [2.75, 3.05) is 32.6 Å². The maximum absolute atomic E-state index is 12.1. The number of hydrogen-bond acceptors (Lipinski definition) is 3. The van der Waals surface area contributed by atoms with Crippen LogP contribution in [-0.2, 0) is 16.1 Å². The molecule has 1 aromatic heterocycles. The zero-order valence-electron chi connectivity index (χ0n) is 13.2. The molecule has 0 bridgehead atoms. The maximum Gasteiger partial charge on any atom is 0.253 e. The van der Waals surface area contributed by atoms with E-state index in [0.717, 1.165) is 37.1 Å². The van der Waals surface area contributed by atoms with E-state index < -0.39 is 0 Å². The summed E-state index contributed by atoms with van der Waals surface area (Å²) in [6, 6.07) is 8.15. The topological polar surface area (TPSA) is 46.5 Å². The van der Waals surface area contributed by atoms with Crippen molar-refractivity contribution in [3.05, 3.63) is 30.5 Å². The highest BCUT2D eigenvalue weighted by atomic mass is 16.5. The van der Waals surface area contributed by atoms with Crippen LogP contribution in [0.25, 0.3) is 10.9 Å². The number of ether oxygens (including phenoxy) is 1. The van der Waals surface area contributed by atoms with Crippen LogP contribution in [0, 0.1) is 0 Å². The first-order chi connectivity index (χ1) is 10.6. The highest BCUT2D eigenvalue weighted by Gasteiger charge is 2.23. The smallest absolute Gasteiger partial charge is 0.253 e. The third-order valence-corrected chi connectivity index (χ3v) is 4.05. The number of amides is 1. The van der Waals surface area contributed by atoms with Crippen molar-refractivity contribution in [2.24, 2.45) is 0 Å². The minimum absolute atomic E-state index is 0.0387. The van der Waals surface area contributed by atoms with Crippen molar-refractivity contribution in [1.82, 2.24) is 9.47 Å². The van der Waals surface area contributed by atoms with Gasteiger partial charge < -0.3 is 19.5 Å². The molecule has 2 heterocycles. The van der Waals surface area contributed by atoms with Crippen molar-refractivity contribution < 1.29 is 9.53 Å². The molecule has 0 aliphatic carbocycles. The molecule has 1 aromatic carbocycles. The van der Waals surface area contributed by atoms with Crippen LogP contribution in [0.15, 0.2) is 30.5 Å². The lowest BCUT2D eigenvalue weighted by Gasteiger charge is -2.13. The average molecular weight is 301 g/mol. The second-order valence-electron chi connectivity index (χ2n) is 6.08. The Labute approximate surface area is 130 Å². The molecule has 1 atom stereocenters. The van der Waals surface area contributed by atoms with E-state index in [4.69, 9.17) is 4.74 Å². The molecule has 22 heavy (non-hydrogen) atoms. The fourth-order valence-corrected chi connectivity index (χ4v) is 2.77. The summed E-state index contributed by atoms with van der Waals surface area (Å²) in [7, 11) is 4.14. The fraction of sp³-hybridized carbons (Fsp3) is 0.471. The predicted octanol–water partition coefficient (Wildman–Crippen LogP) is 2.32. The Hall–Kier alpha value is -1.85. The Balaban J connectivity index is 1.76. The van der Waals surface area contributed by atoms with Crippen molar-refractivity contribution in [3.8, 4) is 0 Å². The second kappa shape index (κ2) is 6.50. The number of nitrogens with zero attached hydrogens (tertiary/aromatic N) is 2. The van der Waals surface area contributed by atoms with Gasteiger partial charge in [0.15, 0.2) is 0 Å². The Bertz CT molecular complexity index is 657. The van der Waals surface area contributed by atoms with Gasteiger partial charge in [-0.2, -0.15) is 0 Å². The van der Waals surface area contributed by atoms with E-state index in [9.17, 15) is 4.79 Å². The summed E-state index contributed by atoms with van der Waals surface area (Å²) in [5, 5.41) is 4.16. The number of nitrogens with one attached hydrogen (secondary N) is 1. The lowest BCUT2D eigenvalue weighted by Crippen LogP contribution is -2.26. The van der Waals surface area contributed by atoms with Crippen LogP contribution in [0.3, 0.4) is 0 Å². The molecule has 2 aromatic rings. The van der Waals surface area contributed by atoms with Gasteiger partial charge in [0.1, 0.15) is 6.10 Å². The molecular weight excluding hydrogens is 278 g/mol. The monoisotopic (exact) mass is 301 g/mol. The van der Waals surface area contributed by atoms with Crippen LogP contribution >= 0.6 is 0 Å². The van der Waals surface area contributed by atoms with Gasteiger partial charge in [-0.15, -0.1) is 0 Å². The molecule has 1 saturated heterocycles. The summed E-state index contributed by atoms with van der Waals surface area (Å²) in [4.78, 5) is 14.3. The highest BCUT2D eigenvalue weighted by molar-refractivity contribution is 5.96. The number of aromatic nitrogens is 1. The normalized spacial score (nSPS) is 18.2. The largest absolute Gasteiger partial charge is 0.368 e. The molecule has 0 radical (unpaired) electrons. The molecule has 0 saturated carbocycles. The van der Waals surface area contributed by atoms with E-state index >= 15 is 0 Å². The van der Waals surface area contributed by atoms with Crippen LogP contribution < -0.4 is 5.32 Å². The molecular formula is C17H23N3O2. The van der Waals surface area contributed by atoms with Gasteiger partial charge in [-0.3, -0.25) is 4.79 Å². The summed E-state index contributed by atoms with van der Waals surface area (Å²) in [5.74, 6) is -0.0387. The maximum atomic E-state index is 12.1. The molecule has 5 nitrogen and oxygen atoms in total. The zero-order chi connectivity index (χ0) is 15.5. The van der Waals surface area contributed by atoms with Crippen molar-refractivity contribution in [1.29, 1.82) is 0 Å². The van der Waals surface area contributed by atoms with Gasteiger partial charge in [0, 0.05) is 31.6 Å². The minimum atomic E-state index is -0.295. The summed E-state index contributed by atoms with van der Waals surface area (Å²) < 4.78 is 7.64. The molecule has 3 rings (SSSR count). The number of carbonyl (C=O) groups excluding carboxylic acids is 1. The van der Waals surface area contributed by atoms with Crippen molar-refractivity contribution >= 4 is 22.5 Å². The number of fused-ring (bicyclic) bond motifs is 1. The number of rotatable bonds is 5. The molecule has 0 unspecified atom stereocenters. The van der Waals surface area contributed by atoms with Gasteiger partial charge in [0.2, 0.25) is 0 Å². The van der Waals surface area contributed by atoms with Crippen molar-refractivity contribution in [3.63, 3.8) is 0 Å². The third-order valence-electron chi connectivity index (χ3n) is 4.05. The van der Waals surface area contributed by atoms with E-state index in [2.05, 4.69) is 41.1 Å². The van der Waals surface area contributed by atoms with Gasteiger partial charge in [-0.25, -0.2) is 0 Å². The molecule has 1 fully saturated rings. The highest BCUT2D eigenvalue weighted by Crippen LogP contribution is 2.22. The summed E-state index contributed by atoms with van der Waals surface area (Å²) in [5.41, 5.74) is 1.98. The van der Waals surface area contributed by atoms with E-state index in [-0.39, 0.29) is 12.0 Å². The molecule has 0 spiro atoms. The van der Waals surface area contributed by atoms with Crippen LogP contribution in [0.2, 0.25) is 0 Å². The molecule has 118 valence electrons. The van der Waals surface area contributed by atoms with Crippen LogP contribution in [0.1, 0.15) is 12.8 Å². The van der Waals surface area contributed by atoms with Gasteiger partial charge in [0.05, 0.1) is 5.52 Å². The third kappa shape index (κ3) is 3.31. The molecule has 1 N–H and O–H groups in total. The second-order valence-corrected chi connectivity index (χ2v) is 6.08. The molecule has 1 aliphatic heterocycles. The van der Waals surface area contributed by atoms with Gasteiger partial charge >= 0.3 is 0 Å². The predicted molar refractivity (Wildman–Crippen MR) is 88.1 cm³/mol. The number of benzene rings is 1. The van der Waals surface area contributed by atoms with Gasteiger partial charge in [-0.1, -0.05) is 6.07 Å². The lowest BCUT2D eigenvalue weighted by atomic mass is 10.2. The zero-order valence-corrected chi connectivity index (χ0v) is 13.2. The van der Waals surface area contributed by atoms with Crippen LogP contribution in [0.4, 0.5) is 5.69 Å². The first-order valence-electron chi connectivity index (χ1n) is 7.79. The molecule has 5 heteroatoms. The summed E-state index contributed by atoms with van der Waals surface area (Å²) >= 11 is 0. The standard InChI is InChI=1S/C17H23N3O2/c1-19(2)9-10-20-8-7-13-5-6-14(12-15(13)20)18-17(21)16-4-3-11-22-16/h5-8,12,16H,3-4,9-11H2,1-2H3,(H,18,21)/t16-/m1/s1. The van der Waals surface area contributed by atoms with E-state index in [1.165, 1.54) is 5.39 Å². The Kier molecular flexibility index (Phi) is 4.45. The first kappa shape index (κ1) is 15.1. The SMILES string of the molecule is CN(C)CCn1ccc2ccc(NC(=O)[C@H]3CCCO3)cc21. The Morgan fingerprint density at radius 2 is 2.27 bits per heavy atom. The Morgan fingerprint density at radius 1 is 1.41 bits per heavy atom. The number of hydrogen-bond donors (Lipinski definition) is 1. The Morgan fingerprint density at radius 3 is 3.00 bits per heavy atom. The van der Waals surface area contributed by atoms with Gasteiger partial charge in [-0.05, 0) is 50.5 Å². The number of carbonyl (C=O) groups is 1. The lowest BCUT2D eigenvalue weighted by molar-refractivity contribution is -0.124. The first-order valence-corrected chi connectivity index (χ1v) is 7.79. The average Bonchev–Trinajstić information content (AvgIpc) is 3.14. The summed E-state index contributed by atoms with van der Waals surface area (Å²) in [6.45, 7) is 2.60. The number of anilines is 1. The fourth-order valence-electron chi connectivity index (χ4n) is 2.77. The minimum Gasteiger partial charge on any atom is -0.368 e. The van der Waals surface area contributed by atoms with Crippen molar-refractivity contribution in [2.45, 2.75) is 25.5 Å². The van der Waals surface area contributed by atoms with E-state index in [1.54, 1.807) is 0 Å². The van der Waals surface area contributed by atoms with E-state index in [0.29, 0.717) is 6.61 Å². The van der Waals surface area contributed by atoms with Crippen LogP contribution in [0.5, 0.6) is 0 Å². The summed E-state index contributed by atoms with van der Waals surface area (Å²) in [6.07, 6.45) is 3.58. The van der Waals surface area contributed by atoms with Gasteiger partial charge in [0.25, 0.3) is 5.91 Å². The quantitative estimate of drug-likeness (QED) is 0.922.